The zero-order chi connectivity index (χ0) is 20.2. The van der Waals surface area contributed by atoms with Crippen LogP contribution in [0.1, 0.15) is 12.5 Å². The van der Waals surface area contributed by atoms with Crippen molar-refractivity contribution in [3.05, 3.63) is 48.0 Å². The van der Waals surface area contributed by atoms with Gasteiger partial charge in [-0.25, -0.2) is 4.98 Å². The predicted molar refractivity (Wildman–Crippen MR) is 110 cm³/mol. The molecule has 0 unspecified atom stereocenters. The minimum atomic E-state index is -0.202. The van der Waals surface area contributed by atoms with Gasteiger partial charge in [0.25, 0.3) is 0 Å². The standard InChI is InChI=1S/C21H17N3O4S/c1-2-26-16-4-5-17-13(8-16)7-14(10-22)21(24-17)29-11-20(25)23-15-3-6-18-19(9-15)28-12-27-18/h3-9H,2,11-12H2,1H3,(H,23,25). The van der Waals surface area contributed by atoms with Crippen LogP contribution in [-0.4, -0.2) is 30.0 Å². The fourth-order valence-corrected chi connectivity index (χ4v) is 3.65. The molecule has 1 aliphatic heterocycles. The SMILES string of the molecule is CCOc1ccc2nc(SCC(=O)Nc3ccc4c(c3)OCO4)c(C#N)cc2c1. The molecule has 1 aliphatic rings. The highest BCUT2D eigenvalue weighted by atomic mass is 32.2. The quantitative estimate of drug-likeness (QED) is 0.618. The van der Waals surface area contributed by atoms with Crippen molar-refractivity contribution >= 4 is 34.3 Å². The maximum Gasteiger partial charge on any atom is 0.234 e. The summed E-state index contributed by atoms with van der Waals surface area (Å²) in [7, 11) is 0. The number of amides is 1. The average Bonchev–Trinajstić information content (AvgIpc) is 3.19. The number of hydrogen-bond donors (Lipinski definition) is 1. The number of carbonyl (C=O) groups excluding carboxylic acids is 1. The van der Waals surface area contributed by atoms with E-state index in [0.717, 1.165) is 16.7 Å². The Morgan fingerprint density at radius 1 is 1.24 bits per heavy atom. The second-order valence-electron chi connectivity index (χ2n) is 6.15. The number of nitrogens with one attached hydrogen (secondary N) is 1. The molecular weight excluding hydrogens is 390 g/mol. The minimum Gasteiger partial charge on any atom is -0.494 e. The molecule has 0 aliphatic carbocycles. The first-order valence-electron chi connectivity index (χ1n) is 8.96. The summed E-state index contributed by atoms with van der Waals surface area (Å²) in [6, 6.07) is 14.7. The molecule has 8 heteroatoms. The van der Waals surface area contributed by atoms with Crippen LogP contribution in [0.25, 0.3) is 10.9 Å². The molecule has 1 N–H and O–H groups in total. The first-order chi connectivity index (χ1) is 14.2. The molecule has 2 heterocycles. The normalized spacial score (nSPS) is 11.9. The maximum atomic E-state index is 12.3. The average molecular weight is 407 g/mol. The molecule has 1 aromatic heterocycles. The van der Waals surface area contributed by atoms with E-state index in [1.807, 2.05) is 25.1 Å². The maximum absolute atomic E-state index is 12.3. The molecule has 0 radical (unpaired) electrons. The third-order valence-corrected chi connectivity index (χ3v) is 5.17. The molecule has 146 valence electrons. The number of thioether (sulfide) groups is 1. The fraction of sp³-hybridized carbons (Fsp3) is 0.190. The topological polar surface area (TPSA) is 93.5 Å². The summed E-state index contributed by atoms with van der Waals surface area (Å²) in [5.74, 6) is 1.91. The Morgan fingerprint density at radius 2 is 2.10 bits per heavy atom. The summed E-state index contributed by atoms with van der Waals surface area (Å²) in [5.41, 5.74) is 1.79. The minimum absolute atomic E-state index is 0.124. The molecule has 0 fully saturated rings. The van der Waals surface area contributed by atoms with Gasteiger partial charge in [-0.1, -0.05) is 11.8 Å². The molecule has 0 spiro atoms. The van der Waals surface area contributed by atoms with E-state index in [1.54, 1.807) is 24.3 Å². The first kappa shape index (κ1) is 18.9. The number of fused-ring (bicyclic) bond motifs is 2. The Kier molecular flexibility index (Phi) is 5.40. The first-order valence-corrected chi connectivity index (χ1v) is 9.95. The number of nitriles is 1. The molecule has 4 rings (SSSR count). The Bertz CT molecular complexity index is 1130. The van der Waals surface area contributed by atoms with Crippen LogP contribution in [0.4, 0.5) is 5.69 Å². The summed E-state index contributed by atoms with van der Waals surface area (Å²) in [6.07, 6.45) is 0. The Balaban J connectivity index is 1.46. The highest BCUT2D eigenvalue weighted by Gasteiger charge is 2.15. The summed E-state index contributed by atoms with van der Waals surface area (Å²) in [6.45, 7) is 2.66. The van der Waals surface area contributed by atoms with Crippen LogP contribution in [0, 0.1) is 11.3 Å². The largest absolute Gasteiger partial charge is 0.494 e. The van der Waals surface area contributed by atoms with E-state index in [0.29, 0.717) is 34.4 Å². The summed E-state index contributed by atoms with van der Waals surface area (Å²) in [4.78, 5) is 16.9. The second kappa shape index (κ2) is 8.29. The number of ether oxygens (including phenoxy) is 3. The lowest BCUT2D eigenvalue weighted by Crippen LogP contribution is -2.14. The van der Waals surface area contributed by atoms with Gasteiger partial charge in [-0.2, -0.15) is 5.26 Å². The molecule has 1 amide bonds. The van der Waals surface area contributed by atoms with E-state index in [9.17, 15) is 10.1 Å². The van der Waals surface area contributed by atoms with E-state index in [1.165, 1.54) is 11.8 Å². The molecule has 7 nitrogen and oxygen atoms in total. The van der Waals surface area contributed by atoms with Crippen LogP contribution in [-0.2, 0) is 4.79 Å². The van der Waals surface area contributed by atoms with Crippen molar-refractivity contribution in [2.75, 3.05) is 24.5 Å². The van der Waals surface area contributed by atoms with Crippen molar-refractivity contribution in [1.29, 1.82) is 5.26 Å². The highest BCUT2D eigenvalue weighted by molar-refractivity contribution is 8.00. The van der Waals surface area contributed by atoms with Crippen molar-refractivity contribution < 1.29 is 19.0 Å². The second-order valence-corrected chi connectivity index (χ2v) is 7.11. The van der Waals surface area contributed by atoms with Gasteiger partial charge in [0, 0.05) is 17.1 Å². The Labute approximate surface area is 171 Å². The third kappa shape index (κ3) is 4.20. The van der Waals surface area contributed by atoms with Gasteiger partial charge >= 0.3 is 0 Å². The summed E-state index contributed by atoms with van der Waals surface area (Å²) >= 11 is 1.22. The molecule has 0 saturated carbocycles. The monoisotopic (exact) mass is 407 g/mol. The van der Waals surface area contributed by atoms with E-state index in [4.69, 9.17) is 14.2 Å². The number of rotatable bonds is 6. The number of benzene rings is 2. The summed E-state index contributed by atoms with van der Waals surface area (Å²) < 4.78 is 16.1. The zero-order valence-electron chi connectivity index (χ0n) is 15.6. The lowest BCUT2D eigenvalue weighted by Gasteiger charge is -2.09. The van der Waals surface area contributed by atoms with Crippen molar-refractivity contribution in [1.82, 2.24) is 4.98 Å². The predicted octanol–water partition coefficient (Wildman–Crippen LogP) is 3.96. The van der Waals surface area contributed by atoms with Gasteiger partial charge in [0.15, 0.2) is 11.5 Å². The zero-order valence-corrected chi connectivity index (χ0v) is 16.4. The van der Waals surface area contributed by atoms with Crippen LogP contribution in [0.3, 0.4) is 0 Å². The molecule has 29 heavy (non-hydrogen) atoms. The van der Waals surface area contributed by atoms with E-state index in [2.05, 4.69) is 16.4 Å². The van der Waals surface area contributed by atoms with Gasteiger partial charge < -0.3 is 19.5 Å². The number of pyridine rings is 1. The smallest absolute Gasteiger partial charge is 0.234 e. The molecular formula is C21H17N3O4S. The van der Waals surface area contributed by atoms with E-state index >= 15 is 0 Å². The molecule has 2 aromatic carbocycles. The van der Waals surface area contributed by atoms with Crippen LogP contribution in [0.5, 0.6) is 17.2 Å². The molecule has 0 bridgehead atoms. The van der Waals surface area contributed by atoms with Crippen LogP contribution < -0.4 is 19.5 Å². The van der Waals surface area contributed by atoms with Crippen molar-refractivity contribution in [3.8, 4) is 23.3 Å². The van der Waals surface area contributed by atoms with Gasteiger partial charge in [0.05, 0.1) is 23.4 Å². The Morgan fingerprint density at radius 3 is 2.93 bits per heavy atom. The molecule has 3 aromatic rings. The Hall–Kier alpha value is -3.44. The lowest BCUT2D eigenvalue weighted by atomic mass is 10.1. The van der Waals surface area contributed by atoms with Gasteiger partial charge in [-0.15, -0.1) is 0 Å². The van der Waals surface area contributed by atoms with Gasteiger partial charge in [0.1, 0.15) is 16.8 Å². The highest BCUT2D eigenvalue weighted by Crippen LogP contribution is 2.34. The van der Waals surface area contributed by atoms with Crippen LogP contribution in [0.2, 0.25) is 0 Å². The van der Waals surface area contributed by atoms with Gasteiger partial charge in [-0.05, 0) is 43.3 Å². The number of aromatic nitrogens is 1. The molecule has 0 saturated heterocycles. The van der Waals surface area contributed by atoms with Crippen molar-refractivity contribution in [3.63, 3.8) is 0 Å². The van der Waals surface area contributed by atoms with E-state index in [-0.39, 0.29) is 18.5 Å². The number of carbonyl (C=O) groups is 1. The van der Waals surface area contributed by atoms with Crippen LogP contribution >= 0.6 is 11.8 Å². The van der Waals surface area contributed by atoms with Crippen molar-refractivity contribution in [2.45, 2.75) is 11.9 Å². The fourth-order valence-electron chi connectivity index (χ4n) is 2.89. The van der Waals surface area contributed by atoms with Gasteiger partial charge in [-0.3, -0.25) is 4.79 Å². The van der Waals surface area contributed by atoms with E-state index < -0.39 is 0 Å². The number of anilines is 1. The summed E-state index contributed by atoms with van der Waals surface area (Å²) in [5, 5.41) is 13.6. The van der Waals surface area contributed by atoms with Crippen LogP contribution in [0.15, 0.2) is 47.5 Å². The number of hydrogen-bond acceptors (Lipinski definition) is 7. The molecule has 0 atom stereocenters. The lowest BCUT2D eigenvalue weighted by molar-refractivity contribution is -0.113. The van der Waals surface area contributed by atoms with Gasteiger partial charge in [0.2, 0.25) is 12.7 Å². The third-order valence-electron chi connectivity index (χ3n) is 4.18. The van der Waals surface area contributed by atoms with Crippen molar-refractivity contribution in [2.24, 2.45) is 0 Å². The number of nitrogens with zero attached hydrogens (tertiary/aromatic N) is 2.